The predicted molar refractivity (Wildman–Crippen MR) is 99.6 cm³/mol. The van der Waals surface area contributed by atoms with Crippen molar-refractivity contribution in [3.8, 4) is 0 Å². The normalized spacial score (nSPS) is 18.2. The Balaban J connectivity index is 1.47. The van der Waals surface area contributed by atoms with Crippen LogP contribution in [0.2, 0.25) is 5.02 Å². The predicted octanol–water partition coefficient (Wildman–Crippen LogP) is 3.66. The second kappa shape index (κ2) is 8.87. The van der Waals surface area contributed by atoms with Gasteiger partial charge in [0, 0.05) is 17.5 Å². The zero-order valence-corrected chi connectivity index (χ0v) is 15.3. The highest BCUT2D eigenvalue weighted by Crippen LogP contribution is 2.27. The maximum absolute atomic E-state index is 12.0. The molecule has 0 bridgehead atoms. The molecule has 0 radical (unpaired) electrons. The summed E-state index contributed by atoms with van der Waals surface area (Å²) in [6.45, 7) is 2.89. The number of halogens is 1. The number of unbranched alkanes of at least 4 members (excludes halogenated alkanes) is 1. The fourth-order valence-corrected chi connectivity index (χ4v) is 4.33. The molecular weight excluding hydrogens is 320 g/mol. The average Bonchev–Trinajstić information content (AvgIpc) is 3.02. The van der Waals surface area contributed by atoms with Crippen LogP contribution in [0, 0.1) is 5.92 Å². The van der Waals surface area contributed by atoms with E-state index in [1.54, 1.807) is 0 Å². The lowest BCUT2D eigenvalue weighted by atomic mass is 9.94. The minimum absolute atomic E-state index is 0.269. The summed E-state index contributed by atoms with van der Waals surface area (Å²) in [4.78, 5) is 12.0. The lowest BCUT2D eigenvalue weighted by molar-refractivity contribution is -0.124. The first kappa shape index (κ1) is 17.8. The molecule has 1 aromatic carbocycles. The van der Waals surface area contributed by atoms with Gasteiger partial charge in [0.15, 0.2) is 0 Å². The van der Waals surface area contributed by atoms with Gasteiger partial charge in [-0.05, 0) is 80.8 Å². The van der Waals surface area contributed by atoms with Crippen molar-refractivity contribution >= 4 is 17.5 Å². The Morgan fingerprint density at radius 3 is 2.79 bits per heavy atom. The zero-order chi connectivity index (χ0) is 16.8. The smallest absolute Gasteiger partial charge is 0.223 e. The van der Waals surface area contributed by atoms with Gasteiger partial charge in [0.25, 0.3) is 0 Å². The SMILES string of the molecule is O=C(NCCCCc1c(Cl)ccc2c1CCNCC2)C1CCCC1. The molecule has 4 heteroatoms. The van der Waals surface area contributed by atoms with Crippen molar-refractivity contribution < 1.29 is 4.79 Å². The fourth-order valence-electron chi connectivity index (χ4n) is 4.06. The Morgan fingerprint density at radius 1 is 1.17 bits per heavy atom. The van der Waals surface area contributed by atoms with Crippen molar-refractivity contribution in [3.05, 3.63) is 33.8 Å². The van der Waals surface area contributed by atoms with Crippen molar-refractivity contribution in [2.75, 3.05) is 19.6 Å². The number of benzene rings is 1. The fraction of sp³-hybridized carbons (Fsp3) is 0.650. The van der Waals surface area contributed by atoms with E-state index in [-0.39, 0.29) is 11.8 Å². The van der Waals surface area contributed by atoms with Gasteiger partial charge in [-0.3, -0.25) is 4.79 Å². The maximum Gasteiger partial charge on any atom is 0.223 e. The second-order valence-corrected chi connectivity index (χ2v) is 7.55. The van der Waals surface area contributed by atoms with Crippen LogP contribution in [-0.4, -0.2) is 25.5 Å². The van der Waals surface area contributed by atoms with Crippen LogP contribution in [0.1, 0.15) is 55.2 Å². The van der Waals surface area contributed by atoms with Crippen LogP contribution in [-0.2, 0) is 24.1 Å². The molecule has 1 fully saturated rings. The molecule has 0 aromatic heterocycles. The molecule has 0 atom stereocenters. The highest BCUT2D eigenvalue weighted by Gasteiger charge is 2.22. The number of nitrogens with one attached hydrogen (secondary N) is 2. The highest BCUT2D eigenvalue weighted by atomic mass is 35.5. The van der Waals surface area contributed by atoms with Crippen LogP contribution in [0.5, 0.6) is 0 Å². The largest absolute Gasteiger partial charge is 0.356 e. The topological polar surface area (TPSA) is 41.1 Å². The van der Waals surface area contributed by atoms with E-state index < -0.39 is 0 Å². The van der Waals surface area contributed by atoms with E-state index in [1.165, 1.54) is 29.5 Å². The molecule has 2 aliphatic rings. The van der Waals surface area contributed by atoms with Gasteiger partial charge in [0.05, 0.1) is 0 Å². The van der Waals surface area contributed by atoms with Crippen molar-refractivity contribution in [1.82, 2.24) is 10.6 Å². The Kier molecular flexibility index (Phi) is 6.56. The first-order chi connectivity index (χ1) is 11.8. The third-order valence-electron chi connectivity index (χ3n) is 5.47. The Hall–Kier alpha value is -1.06. The van der Waals surface area contributed by atoms with E-state index in [4.69, 9.17) is 11.6 Å². The van der Waals surface area contributed by atoms with E-state index in [2.05, 4.69) is 22.8 Å². The van der Waals surface area contributed by atoms with Crippen molar-refractivity contribution in [2.24, 2.45) is 5.92 Å². The van der Waals surface area contributed by atoms with Gasteiger partial charge in [-0.15, -0.1) is 0 Å². The molecule has 0 spiro atoms. The molecule has 1 aliphatic heterocycles. The third-order valence-corrected chi connectivity index (χ3v) is 5.83. The van der Waals surface area contributed by atoms with Gasteiger partial charge in [0.2, 0.25) is 5.91 Å². The molecule has 1 saturated carbocycles. The summed E-state index contributed by atoms with van der Waals surface area (Å²) in [7, 11) is 0. The summed E-state index contributed by atoms with van der Waals surface area (Å²) >= 11 is 6.47. The van der Waals surface area contributed by atoms with Gasteiger partial charge in [-0.1, -0.05) is 30.5 Å². The van der Waals surface area contributed by atoms with Crippen molar-refractivity contribution in [3.63, 3.8) is 0 Å². The lowest BCUT2D eigenvalue weighted by Gasteiger charge is -2.15. The molecule has 1 aliphatic carbocycles. The van der Waals surface area contributed by atoms with Crippen LogP contribution in [0.25, 0.3) is 0 Å². The Morgan fingerprint density at radius 2 is 1.96 bits per heavy atom. The number of amides is 1. The van der Waals surface area contributed by atoms with Crippen molar-refractivity contribution in [1.29, 1.82) is 0 Å². The third kappa shape index (κ3) is 4.52. The molecule has 0 saturated heterocycles. The minimum atomic E-state index is 0.269. The molecule has 3 rings (SSSR count). The summed E-state index contributed by atoms with van der Waals surface area (Å²) in [5.74, 6) is 0.544. The van der Waals surface area contributed by atoms with Gasteiger partial charge >= 0.3 is 0 Å². The van der Waals surface area contributed by atoms with Gasteiger partial charge in [-0.2, -0.15) is 0 Å². The second-order valence-electron chi connectivity index (χ2n) is 7.14. The first-order valence-corrected chi connectivity index (χ1v) is 9.91. The van der Waals surface area contributed by atoms with E-state index in [0.717, 1.165) is 69.6 Å². The van der Waals surface area contributed by atoms with Gasteiger partial charge in [-0.25, -0.2) is 0 Å². The summed E-state index contributed by atoms with van der Waals surface area (Å²) in [6.07, 6.45) is 9.86. The number of fused-ring (bicyclic) bond motifs is 1. The summed E-state index contributed by atoms with van der Waals surface area (Å²) in [5.41, 5.74) is 4.25. The van der Waals surface area contributed by atoms with Crippen LogP contribution >= 0.6 is 11.6 Å². The van der Waals surface area contributed by atoms with E-state index in [9.17, 15) is 4.79 Å². The Bertz CT molecular complexity index is 567. The van der Waals surface area contributed by atoms with E-state index in [0.29, 0.717) is 0 Å². The molecule has 3 nitrogen and oxygen atoms in total. The van der Waals surface area contributed by atoms with E-state index >= 15 is 0 Å². The van der Waals surface area contributed by atoms with Crippen LogP contribution in [0.3, 0.4) is 0 Å². The highest BCUT2D eigenvalue weighted by molar-refractivity contribution is 6.31. The van der Waals surface area contributed by atoms with Crippen LogP contribution in [0.15, 0.2) is 12.1 Å². The molecule has 1 amide bonds. The molecule has 0 unspecified atom stereocenters. The van der Waals surface area contributed by atoms with Gasteiger partial charge in [0.1, 0.15) is 0 Å². The standard InChI is InChI=1S/C20H29ClN2O/c21-19-9-8-15-10-13-22-14-11-17(15)18(19)7-3-4-12-23-20(24)16-5-1-2-6-16/h8-9,16,22H,1-7,10-14H2,(H,23,24). The van der Waals surface area contributed by atoms with Gasteiger partial charge < -0.3 is 10.6 Å². The molecule has 24 heavy (non-hydrogen) atoms. The van der Waals surface area contributed by atoms with Crippen molar-refractivity contribution in [2.45, 2.75) is 57.8 Å². The number of rotatable bonds is 6. The zero-order valence-electron chi connectivity index (χ0n) is 14.5. The lowest BCUT2D eigenvalue weighted by Crippen LogP contribution is -2.30. The number of hydrogen-bond acceptors (Lipinski definition) is 2. The number of hydrogen-bond donors (Lipinski definition) is 2. The minimum Gasteiger partial charge on any atom is -0.356 e. The van der Waals surface area contributed by atoms with E-state index in [1.807, 2.05) is 0 Å². The molecular formula is C20H29ClN2O. The summed E-state index contributed by atoms with van der Waals surface area (Å²) < 4.78 is 0. The number of carbonyl (C=O) groups excluding carboxylic acids is 1. The molecule has 1 heterocycles. The van der Waals surface area contributed by atoms with Crippen LogP contribution < -0.4 is 10.6 Å². The molecule has 2 N–H and O–H groups in total. The first-order valence-electron chi connectivity index (χ1n) is 9.53. The van der Waals surface area contributed by atoms with Crippen LogP contribution in [0.4, 0.5) is 0 Å². The average molecular weight is 349 g/mol. The summed E-state index contributed by atoms with van der Waals surface area (Å²) in [5, 5.41) is 7.49. The quantitative estimate of drug-likeness (QED) is 0.770. The summed E-state index contributed by atoms with van der Waals surface area (Å²) in [6, 6.07) is 4.25. The molecule has 132 valence electrons. The Labute approximate surface area is 150 Å². The maximum atomic E-state index is 12.0. The monoisotopic (exact) mass is 348 g/mol. The molecule has 1 aromatic rings. The number of carbonyl (C=O) groups is 1.